The van der Waals surface area contributed by atoms with Gasteiger partial charge in [-0.2, -0.15) is 0 Å². The fraction of sp³-hybridized carbons (Fsp3) is 0.276. The summed E-state index contributed by atoms with van der Waals surface area (Å²) in [7, 11) is 1.81. The minimum Gasteiger partial charge on any atom is -0.383 e. The van der Waals surface area contributed by atoms with Crippen LogP contribution in [0.2, 0.25) is 0 Å². The summed E-state index contributed by atoms with van der Waals surface area (Å²) in [6, 6.07) is 12.5. The number of nitrogens with two attached hydrogens (primary N) is 1. The molecule has 1 amide bonds. The number of carbonyl (C=O) groups excluding carboxylic acids is 1. The third kappa shape index (κ3) is 3.90. The SMILES string of the molecule is C=C(C)C(O)Nc1ccc(-c2c(-c3ccc(C(=O)N4CC[C@@H]5C[C@@H]54)cc3)c3c(N)ncnc3n2C)c(F)c1. The number of hydrogen-bond donors (Lipinski definition) is 3. The summed E-state index contributed by atoms with van der Waals surface area (Å²) in [6.45, 7) is 6.21. The lowest BCUT2D eigenvalue weighted by Crippen LogP contribution is -2.30. The first-order valence-corrected chi connectivity index (χ1v) is 12.6. The summed E-state index contributed by atoms with van der Waals surface area (Å²) < 4.78 is 17.4. The van der Waals surface area contributed by atoms with Crippen LogP contribution in [0.25, 0.3) is 33.4 Å². The minimum absolute atomic E-state index is 0.0497. The molecule has 1 saturated heterocycles. The van der Waals surface area contributed by atoms with Gasteiger partial charge in [-0.25, -0.2) is 14.4 Å². The van der Waals surface area contributed by atoms with Crippen LogP contribution < -0.4 is 11.1 Å². The number of halogens is 1. The van der Waals surface area contributed by atoms with Crippen molar-refractivity contribution in [2.45, 2.75) is 32.0 Å². The zero-order chi connectivity index (χ0) is 26.7. The van der Waals surface area contributed by atoms with Crippen LogP contribution in [-0.4, -0.2) is 49.3 Å². The Hall–Kier alpha value is -4.24. The first kappa shape index (κ1) is 24.1. The van der Waals surface area contributed by atoms with E-state index in [-0.39, 0.29) is 11.7 Å². The van der Waals surface area contributed by atoms with Gasteiger partial charge in [0.15, 0.2) is 0 Å². The highest BCUT2D eigenvalue weighted by molar-refractivity contribution is 6.08. The van der Waals surface area contributed by atoms with Crippen molar-refractivity contribution < 1.29 is 14.3 Å². The molecule has 1 aliphatic carbocycles. The summed E-state index contributed by atoms with van der Waals surface area (Å²) in [4.78, 5) is 23.7. The third-order valence-electron chi connectivity index (χ3n) is 7.70. The number of aliphatic hydroxyl groups is 1. The average molecular weight is 513 g/mol. The zero-order valence-electron chi connectivity index (χ0n) is 21.3. The highest BCUT2D eigenvalue weighted by Crippen LogP contribution is 2.45. The van der Waals surface area contributed by atoms with E-state index in [2.05, 4.69) is 21.9 Å². The molecule has 0 radical (unpaired) electrons. The molecule has 1 unspecified atom stereocenters. The first-order valence-electron chi connectivity index (χ1n) is 12.6. The maximum atomic E-state index is 15.6. The van der Waals surface area contributed by atoms with Crippen LogP contribution in [0.4, 0.5) is 15.9 Å². The number of carbonyl (C=O) groups is 1. The number of anilines is 2. The van der Waals surface area contributed by atoms with Crippen LogP contribution in [0.3, 0.4) is 0 Å². The van der Waals surface area contributed by atoms with Crippen molar-refractivity contribution in [3.8, 4) is 22.4 Å². The van der Waals surface area contributed by atoms with Gasteiger partial charge in [-0.1, -0.05) is 18.7 Å². The molecule has 1 aliphatic heterocycles. The van der Waals surface area contributed by atoms with E-state index in [0.717, 1.165) is 24.9 Å². The van der Waals surface area contributed by atoms with Gasteiger partial charge in [0.05, 0.1) is 11.1 Å². The van der Waals surface area contributed by atoms with Crippen molar-refractivity contribution in [3.63, 3.8) is 0 Å². The molecule has 0 bridgehead atoms. The van der Waals surface area contributed by atoms with Gasteiger partial charge in [-0.15, -0.1) is 0 Å². The Balaban J connectivity index is 1.44. The van der Waals surface area contributed by atoms with E-state index in [4.69, 9.17) is 5.73 Å². The van der Waals surface area contributed by atoms with Gasteiger partial charge in [-0.3, -0.25) is 4.79 Å². The molecule has 9 heteroatoms. The highest BCUT2D eigenvalue weighted by Gasteiger charge is 2.48. The van der Waals surface area contributed by atoms with E-state index in [0.29, 0.717) is 56.6 Å². The summed E-state index contributed by atoms with van der Waals surface area (Å²) in [5, 5.41) is 13.5. The van der Waals surface area contributed by atoms with Crippen molar-refractivity contribution in [2.24, 2.45) is 13.0 Å². The smallest absolute Gasteiger partial charge is 0.254 e. The molecular weight excluding hydrogens is 483 g/mol. The molecule has 38 heavy (non-hydrogen) atoms. The molecule has 4 N–H and O–H groups in total. The van der Waals surface area contributed by atoms with E-state index < -0.39 is 12.0 Å². The van der Waals surface area contributed by atoms with Crippen LogP contribution in [0.5, 0.6) is 0 Å². The Bertz CT molecular complexity index is 1600. The molecule has 3 atom stereocenters. The number of nitrogens with one attached hydrogen (secondary N) is 1. The Morgan fingerprint density at radius 1 is 1.24 bits per heavy atom. The zero-order valence-corrected chi connectivity index (χ0v) is 21.3. The van der Waals surface area contributed by atoms with Crippen molar-refractivity contribution in [2.75, 3.05) is 17.6 Å². The van der Waals surface area contributed by atoms with Crippen LogP contribution >= 0.6 is 0 Å². The maximum absolute atomic E-state index is 15.6. The van der Waals surface area contributed by atoms with Gasteiger partial charge in [0.25, 0.3) is 5.91 Å². The van der Waals surface area contributed by atoms with Gasteiger partial charge in [0.2, 0.25) is 0 Å². The van der Waals surface area contributed by atoms with E-state index in [9.17, 15) is 9.90 Å². The molecular formula is C29H29FN6O2. The number of benzene rings is 2. The number of likely N-dealkylation sites (tertiary alicyclic amines) is 1. The first-order chi connectivity index (χ1) is 18.2. The van der Waals surface area contributed by atoms with E-state index >= 15 is 4.39 Å². The minimum atomic E-state index is -0.990. The number of aliphatic hydroxyl groups excluding tert-OH is 1. The molecule has 1 saturated carbocycles. The number of nitrogens with zero attached hydrogens (tertiary/aromatic N) is 4. The van der Waals surface area contributed by atoms with Crippen molar-refractivity contribution in [1.29, 1.82) is 0 Å². The van der Waals surface area contributed by atoms with Gasteiger partial charge in [-0.05, 0) is 67.2 Å². The number of piperidine rings is 1. The lowest BCUT2D eigenvalue weighted by molar-refractivity contribution is 0.0768. The van der Waals surface area contributed by atoms with Crippen LogP contribution in [0, 0.1) is 11.7 Å². The fourth-order valence-corrected chi connectivity index (χ4v) is 5.54. The predicted octanol–water partition coefficient (Wildman–Crippen LogP) is 4.56. The molecule has 2 aromatic heterocycles. The molecule has 2 aromatic carbocycles. The molecule has 8 nitrogen and oxygen atoms in total. The van der Waals surface area contributed by atoms with Crippen molar-refractivity contribution in [1.82, 2.24) is 19.4 Å². The number of aromatic nitrogens is 3. The number of rotatable bonds is 6. The second-order valence-electron chi connectivity index (χ2n) is 10.3. The van der Waals surface area contributed by atoms with Crippen molar-refractivity contribution >= 4 is 28.4 Å². The monoisotopic (exact) mass is 512 g/mol. The van der Waals surface area contributed by atoms with Crippen LogP contribution in [0.15, 0.2) is 60.9 Å². The molecule has 4 aromatic rings. The Morgan fingerprint density at radius 2 is 2.00 bits per heavy atom. The third-order valence-corrected chi connectivity index (χ3v) is 7.70. The summed E-state index contributed by atoms with van der Waals surface area (Å²) >= 11 is 0. The van der Waals surface area contributed by atoms with Gasteiger partial charge >= 0.3 is 0 Å². The number of amides is 1. The summed E-state index contributed by atoms with van der Waals surface area (Å²) in [5.74, 6) is 0.517. The Morgan fingerprint density at radius 3 is 2.63 bits per heavy atom. The molecule has 3 heterocycles. The lowest BCUT2D eigenvalue weighted by Gasteiger charge is -2.18. The van der Waals surface area contributed by atoms with E-state index in [1.54, 1.807) is 30.7 Å². The largest absolute Gasteiger partial charge is 0.383 e. The molecule has 0 spiro atoms. The molecule has 2 aliphatic rings. The van der Waals surface area contributed by atoms with Crippen LogP contribution in [-0.2, 0) is 7.05 Å². The van der Waals surface area contributed by atoms with Crippen molar-refractivity contribution in [3.05, 3.63) is 72.3 Å². The Kier molecular flexibility index (Phi) is 5.68. The molecule has 6 rings (SSSR count). The fourth-order valence-electron chi connectivity index (χ4n) is 5.54. The molecule has 2 fully saturated rings. The maximum Gasteiger partial charge on any atom is 0.254 e. The van der Waals surface area contributed by atoms with Gasteiger partial charge < -0.3 is 25.6 Å². The predicted molar refractivity (Wildman–Crippen MR) is 146 cm³/mol. The second-order valence-corrected chi connectivity index (χ2v) is 10.3. The summed E-state index contributed by atoms with van der Waals surface area (Å²) in [6.07, 6.45) is 2.58. The quantitative estimate of drug-likeness (QED) is 0.258. The topological polar surface area (TPSA) is 109 Å². The van der Waals surface area contributed by atoms with E-state index in [1.807, 2.05) is 29.2 Å². The normalized spacial score (nSPS) is 18.9. The average Bonchev–Trinajstić information content (AvgIpc) is 3.45. The van der Waals surface area contributed by atoms with Crippen LogP contribution in [0.1, 0.15) is 30.1 Å². The second kappa shape index (κ2) is 8.95. The number of fused-ring (bicyclic) bond motifs is 2. The Labute approximate surface area is 219 Å². The van der Waals surface area contributed by atoms with E-state index in [1.165, 1.54) is 12.4 Å². The summed E-state index contributed by atoms with van der Waals surface area (Å²) in [5.41, 5.74) is 10.8. The highest BCUT2D eigenvalue weighted by atomic mass is 19.1. The number of hydrogen-bond acceptors (Lipinski definition) is 6. The van der Waals surface area contributed by atoms with Gasteiger partial charge in [0, 0.05) is 42.0 Å². The van der Waals surface area contributed by atoms with Gasteiger partial charge in [0.1, 0.15) is 29.8 Å². The lowest BCUT2D eigenvalue weighted by atomic mass is 9.97. The number of nitrogen functional groups attached to an aromatic ring is 1. The standard InChI is InChI=1S/C29H29FN6O2/c1-15(2)28(37)34-19-8-9-20(21(30)13-19)25-23(24-26(31)32-14-33-27(24)35(25)3)16-4-6-17(7-5-16)29(38)36-11-10-18-12-22(18)36/h4-9,13-14,18,22,28,34,37H,1,10-12H2,2-3H3,(H2,31,32,33)/t18-,22+,28?/m1/s1. The number of aryl methyl sites for hydroxylation is 1. The molecule has 194 valence electrons.